The van der Waals surface area contributed by atoms with E-state index in [-0.39, 0.29) is 11.7 Å². The Hall–Kier alpha value is -0.540. The molecule has 0 radical (unpaired) electrons. The number of hydrogen-bond acceptors (Lipinski definition) is 2. The molecule has 1 aliphatic heterocycles. The Balaban J connectivity index is 1.55. The van der Waals surface area contributed by atoms with E-state index in [0.29, 0.717) is 6.61 Å². The highest BCUT2D eigenvalue weighted by molar-refractivity contribution is 9.10. The highest BCUT2D eigenvalue weighted by Crippen LogP contribution is 2.43. The zero-order chi connectivity index (χ0) is 13.3. The first-order valence-corrected chi connectivity index (χ1v) is 8.03. The lowest BCUT2D eigenvalue weighted by Gasteiger charge is -2.24. The smallest absolute Gasteiger partial charge is 0.122 e. The average Bonchev–Trinajstić information content (AvgIpc) is 2.99. The van der Waals surface area contributed by atoms with Crippen molar-refractivity contribution in [1.29, 1.82) is 0 Å². The first-order valence-electron chi connectivity index (χ1n) is 7.24. The molecule has 3 heteroatoms. The molecule has 2 nitrogen and oxygen atoms in total. The van der Waals surface area contributed by atoms with E-state index < -0.39 is 0 Å². The van der Waals surface area contributed by atoms with Gasteiger partial charge in [0.2, 0.25) is 0 Å². The van der Waals surface area contributed by atoms with Crippen LogP contribution >= 0.6 is 15.9 Å². The van der Waals surface area contributed by atoms with Gasteiger partial charge in [-0.25, -0.2) is 0 Å². The zero-order valence-corrected chi connectivity index (χ0v) is 13.0. The molecule has 2 fully saturated rings. The van der Waals surface area contributed by atoms with Gasteiger partial charge in [0.25, 0.3) is 0 Å². The van der Waals surface area contributed by atoms with Crippen LogP contribution in [0.15, 0.2) is 22.7 Å². The summed E-state index contributed by atoms with van der Waals surface area (Å²) in [6.45, 7) is 2.76. The van der Waals surface area contributed by atoms with Gasteiger partial charge in [-0.3, -0.25) is 0 Å². The van der Waals surface area contributed by atoms with Crippen LogP contribution in [0.5, 0.6) is 5.75 Å². The number of benzene rings is 1. The molecule has 2 aliphatic rings. The molecule has 1 atom stereocenters. The summed E-state index contributed by atoms with van der Waals surface area (Å²) in [5.74, 6) is 0.971. The quantitative estimate of drug-likeness (QED) is 0.807. The first kappa shape index (κ1) is 13.4. The van der Waals surface area contributed by atoms with Crippen LogP contribution in [0.25, 0.3) is 0 Å². The molecule has 0 amide bonds. The van der Waals surface area contributed by atoms with Crippen LogP contribution in [0.2, 0.25) is 0 Å². The summed E-state index contributed by atoms with van der Waals surface area (Å²) in [5.41, 5.74) is 1.38. The van der Waals surface area contributed by atoms with Gasteiger partial charge in [-0.05, 0) is 56.4 Å². The molecule has 1 aromatic carbocycles. The molecular formula is C16H21BrO2. The predicted molar refractivity (Wildman–Crippen MR) is 79.7 cm³/mol. The highest BCUT2D eigenvalue weighted by Gasteiger charge is 2.42. The van der Waals surface area contributed by atoms with Gasteiger partial charge in [0.05, 0.1) is 11.7 Å². The molecule has 1 aromatic rings. The largest absolute Gasteiger partial charge is 0.491 e. The van der Waals surface area contributed by atoms with Crippen molar-refractivity contribution in [2.45, 2.75) is 57.2 Å². The first-order chi connectivity index (χ1) is 9.17. The van der Waals surface area contributed by atoms with E-state index in [1.807, 2.05) is 12.1 Å². The third-order valence-electron chi connectivity index (χ3n) is 4.42. The van der Waals surface area contributed by atoms with Gasteiger partial charge in [-0.15, -0.1) is 0 Å². The normalized spacial score (nSPS) is 25.1. The number of aryl methyl sites for hydroxylation is 1. The molecule has 3 rings (SSSR count). The lowest BCUT2D eigenvalue weighted by molar-refractivity contribution is -0.0509. The number of rotatable bonds is 3. The van der Waals surface area contributed by atoms with Gasteiger partial charge in [0.1, 0.15) is 12.4 Å². The fourth-order valence-corrected chi connectivity index (χ4v) is 3.83. The lowest BCUT2D eigenvalue weighted by atomic mass is 9.98. The molecule has 104 valence electrons. The third kappa shape index (κ3) is 2.97. The van der Waals surface area contributed by atoms with Crippen molar-refractivity contribution in [3.8, 4) is 5.75 Å². The second kappa shape index (κ2) is 5.45. The second-order valence-corrected chi connectivity index (χ2v) is 6.81. The Morgan fingerprint density at radius 2 is 2.11 bits per heavy atom. The SMILES string of the molecule is Cc1cc(Br)ccc1OCC1CCC2(CCCC2)O1. The van der Waals surface area contributed by atoms with Gasteiger partial charge < -0.3 is 9.47 Å². The van der Waals surface area contributed by atoms with Crippen LogP contribution < -0.4 is 4.74 Å². The molecule has 1 saturated carbocycles. The van der Waals surface area contributed by atoms with Gasteiger partial charge in [-0.1, -0.05) is 28.8 Å². The monoisotopic (exact) mass is 324 g/mol. The van der Waals surface area contributed by atoms with Crippen LogP contribution in [0.1, 0.15) is 44.1 Å². The van der Waals surface area contributed by atoms with Crippen molar-refractivity contribution in [1.82, 2.24) is 0 Å². The van der Waals surface area contributed by atoms with Gasteiger partial charge in [0.15, 0.2) is 0 Å². The summed E-state index contributed by atoms with van der Waals surface area (Å²) in [6.07, 6.45) is 7.82. The van der Waals surface area contributed by atoms with E-state index in [0.717, 1.165) is 16.6 Å². The number of ether oxygens (including phenoxy) is 2. The number of hydrogen-bond donors (Lipinski definition) is 0. The standard InChI is InChI=1S/C16H21BrO2/c1-12-10-13(17)4-5-15(12)18-11-14-6-9-16(19-14)7-2-3-8-16/h4-5,10,14H,2-3,6-9,11H2,1H3. The second-order valence-electron chi connectivity index (χ2n) is 5.89. The summed E-state index contributed by atoms with van der Waals surface area (Å²) >= 11 is 3.47. The molecule has 1 saturated heterocycles. The van der Waals surface area contributed by atoms with Crippen LogP contribution in [0, 0.1) is 6.92 Å². The van der Waals surface area contributed by atoms with Crippen LogP contribution in [0.3, 0.4) is 0 Å². The Bertz CT molecular complexity index is 452. The number of halogens is 1. The fraction of sp³-hybridized carbons (Fsp3) is 0.625. The Kier molecular flexibility index (Phi) is 3.86. The molecular weight excluding hydrogens is 304 g/mol. The van der Waals surface area contributed by atoms with E-state index in [9.17, 15) is 0 Å². The van der Waals surface area contributed by atoms with Crippen molar-refractivity contribution in [2.24, 2.45) is 0 Å². The van der Waals surface area contributed by atoms with Crippen molar-refractivity contribution >= 4 is 15.9 Å². The lowest BCUT2D eigenvalue weighted by Crippen LogP contribution is -2.27. The maximum Gasteiger partial charge on any atom is 0.122 e. The molecule has 1 spiro atoms. The zero-order valence-electron chi connectivity index (χ0n) is 11.5. The summed E-state index contributed by atoms with van der Waals surface area (Å²) < 4.78 is 13.3. The summed E-state index contributed by atoms with van der Waals surface area (Å²) in [4.78, 5) is 0. The van der Waals surface area contributed by atoms with Gasteiger partial charge >= 0.3 is 0 Å². The molecule has 0 N–H and O–H groups in total. The average molecular weight is 325 g/mol. The van der Waals surface area contributed by atoms with E-state index in [4.69, 9.17) is 9.47 Å². The minimum atomic E-state index is 0.211. The topological polar surface area (TPSA) is 18.5 Å². The molecule has 0 bridgehead atoms. The Morgan fingerprint density at radius 1 is 1.32 bits per heavy atom. The molecule has 19 heavy (non-hydrogen) atoms. The van der Waals surface area contributed by atoms with Crippen LogP contribution in [-0.4, -0.2) is 18.3 Å². The third-order valence-corrected chi connectivity index (χ3v) is 4.91. The minimum absolute atomic E-state index is 0.211. The summed E-state index contributed by atoms with van der Waals surface area (Å²) in [6, 6.07) is 6.14. The van der Waals surface area contributed by atoms with Crippen molar-refractivity contribution in [3.63, 3.8) is 0 Å². The van der Waals surface area contributed by atoms with Crippen molar-refractivity contribution < 1.29 is 9.47 Å². The maximum atomic E-state index is 6.26. The van der Waals surface area contributed by atoms with E-state index in [1.54, 1.807) is 0 Å². The minimum Gasteiger partial charge on any atom is -0.491 e. The van der Waals surface area contributed by atoms with Gasteiger partial charge in [0, 0.05) is 4.47 Å². The Labute approximate surface area is 123 Å². The van der Waals surface area contributed by atoms with E-state index >= 15 is 0 Å². The molecule has 1 unspecified atom stereocenters. The molecule has 1 aliphatic carbocycles. The maximum absolute atomic E-state index is 6.26. The highest BCUT2D eigenvalue weighted by atomic mass is 79.9. The summed E-state index contributed by atoms with van der Waals surface area (Å²) in [7, 11) is 0. The Morgan fingerprint density at radius 3 is 2.84 bits per heavy atom. The van der Waals surface area contributed by atoms with Crippen molar-refractivity contribution in [3.05, 3.63) is 28.2 Å². The van der Waals surface area contributed by atoms with Gasteiger partial charge in [-0.2, -0.15) is 0 Å². The van der Waals surface area contributed by atoms with E-state index in [2.05, 4.69) is 28.9 Å². The van der Waals surface area contributed by atoms with Crippen molar-refractivity contribution in [2.75, 3.05) is 6.61 Å². The van der Waals surface area contributed by atoms with E-state index in [1.165, 1.54) is 37.7 Å². The molecule has 0 aromatic heterocycles. The fourth-order valence-electron chi connectivity index (χ4n) is 3.36. The van der Waals surface area contributed by atoms with Crippen LogP contribution in [-0.2, 0) is 4.74 Å². The predicted octanol–water partition coefficient (Wildman–Crippen LogP) is 4.63. The van der Waals surface area contributed by atoms with Crippen LogP contribution in [0.4, 0.5) is 0 Å². The molecule has 1 heterocycles. The summed E-state index contributed by atoms with van der Waals surface area (Å²) in [5, 5.41) is 0.